The molecule has 1 atom stereocenters. The van der Waals surface area contributed by atoms with E-state index in [1.807, 2.05) is 0 Å². The molecule has 0 aliphatic rings. The van der Waals surface area contributed by atoms with Crippen molar-refractivity contribution in [3.63, 3.8) is 0 Å². The maximum atomic E-state index is 12.3. The van der Waals surface area contributed by atoms with E-state index < -0.39 is 18.0 Å². The lowest BCUT2D eigenvalue weighted by atomic mass is 10.2. The average Bonchev–Trinajstić information content (AvgIpc) is 2.91. The molecular weight excluding hydrogens is 373 g/mol. The van der Waals surface area contributed by atoms with Crippen LogP contribution in [-0.4, -0.2) is 31.6 Å². The number of fused-ring (bicyclic) bond motifs is 1. The molecule has 0 aliphatic heterocycles. The number of benzene rings is 1. The first-order chi connectivity index (χ1) is 11.4. The van der Waals surface area contributed by atoms with Crippen molar-refractivity contribution < 1.29 is 19.1 Å². The summed E-state index contributed by atoms with van der Waals surface area (Å²) in [6.45, 7) is 5.27. The molecule has 0 spiro atoms. The zero-order valence-electron chi connectivity index (χ0n) is 13.0. The fourth-order valence-corrected chi connectivity index (χ4v) is 3.72. The minimum Gasteiger partial charge on any atom is -0.495 e. The maximum absolute atomic E-state index is 12.3. The largest absolute Gasteiger partial charge is 0.495 e. The van der Waals surface area contributed by atoms with Crippen LogP contribution in [0.15, 0.2) is 24.8 Å². The summed E-state index contributed by atoms with van der Waals surface area (Å²) in [4.78, 5) is 24.3. The number of nitrogens with one attached hydrogen (secondary N) is 1. The van der Waals surface area contributed by atoms with E-state index in [0.29, 0.717) is 27.4 Å². The van der Waals surface area contributed by atoms with Crippen molar-refractivity contribution in [2.75, 3.05) is 13.7 Å². The summed E-state index contributed by atoms with van der Waals surface area (Å²) in [5.74, 6) is -0.614. The fraction of sp³-hybridized carbons (Fsp3) is 0.250. The van der Waals surface area contributed by atoms with Crippen molar-refractivity contribution in [3.8, 4) is 5.75 Å². The van der Waals surface area contributed by atoms with Crippen LogP contribution < -0.4 is 10.1 Å². The molecule has 1 amide bonds. The second-order valence-electron chi connectivity index (χ2n) is 4.79. The van der Waals surface area contributed by atoms with Gasteiger partial charge in [0.05, 0.1) is 16.8 Å². The molecule has 5 nitrogen and oxygen atoms in total. The van der Waals surface area contributed by atoms with Gasteiger partial charge in [-0.3, -0.25) is 4.79 Å². The lowest BCUT2D eigenvalue weighted by Gasteiger charge is -2.12. The molecule has 1 aromatic carbocycles. The summed E-state index contributed by atoms with van der Waals surface area (Å²) in [6, 6.07) is 3.39. The lowest BCUT2D eigenvalue weighted by Crippen LogP contribution is -2.35. The normalized spacial score (nSPS) is 11.8. The topological polar surface area (TPSA) is 64.6 Å². The number of amides is 1. The van der Waals surface area contributed by atoms with Crippen LogP contribution in [0.25, 0.3) is 10.1 Å². The molecule has 1 heterocycles. The lowest BCUT2D eigenvalue weighted by molar-refractivity contribution is -0.128. The summed E-state index contributed by atoms with van der Waals surface area (Å²) in [6.07, 6.45) is 0.578. The van der Waals surface area contributed by atoms with E-state index in [2.05, 4.69) is 11.9 Å². The summed E-state index contributed by atoms with van der Waals surface area (Å²) in [7, 11) is 1.50. The number of halogens is 2. The summed E-state index contributed by atoms with van der Waals surface area (Å²) < 4.78 is 10.9. The first-order valence-electron chi connectivity index (χ1n) is 6.94. The van der Waals surface area contributed by atoms with Gasteiger partial charge in [-0.05, 0) is 19.1 Å². The molecule has 1 N–H and O–H groups in total. The van der Waals surface area contributed by atoms with Crippen LogP contribution in [0.1, 0.15) is 16.6 Å². The molecular formula is C16H15Cl2NO4S. The van der Waals surface area contributed by atoms with Gasteiger partial charge >= 0.3 is 5.97 Å². The first kappa shape index (κ1) is 18.6. The van der Waals surface area contributed by atoms with Crippen LogP contribution >= 0.6 is 34.5 Å². The molecule has 0 aliphatic carbocycles. The molecule has 0 saturated heterocycles. The van der Waals surface area contributed by atoms with Crippen molar-refractivity contribution in [1.29, 1.82) is 0 Å². The van der Waals surface area contributed by atoms with Crippen LogP contribution in [0, 0.1) is 0 Å². The van der Waals surface area contributed by atoms with E-state index in [1.165, 1.54) is 20.1 Å². The molecule has 8 heteroatoms. The molecule has 2 aromatic rings. The standard InChI is InChI=1S/C16H15Cl2NO4S/c1-4-7-19-15(20)8(2)23-16(21)14-11(17)9-5-6-10(22-3)12(18)13(9)24-14/h4-6,8H,1,7H2,2-3H3,(H,19,20)/t8-/m0/s1. The third kappa shape index (κ3) is 3.66. The predicted molar refractivity (Wildman–Crippen MR) is 96.5 cm³/mol. The van der Waals surface area contributed by atoms with E-state index in [-0.39, 0.29) is 9.90 Å². The Labute approximate surface area is 153 Å². The average molecular weight is 388 g/mol. The number of carbonyl (C=O) groups is 2. The molecule has 0 saturated carbocycles. The van der Waals surface area contributed by atoms with Crippen molar-refractivity contribution in [1.82, 2.24) is 5.32 Å². The van der Waals surface area contributed by atoms with E-state index in [9.17, 15) is 9.59 Å². The van der Waals surface area contributed by atoms with Gasteiger partial charge in [0.25, 0.3) is 5.91 Å². The Morgan fingerprint density at radius 3 is 2.71 bits per heavy atom. The van der Waals surface area contributed by atoms with Gasteiger partial charge < -0.3 is 14.8 Å². The number of thiophene rings is 1. The van der Waals surface area contributed by atoms with E-state index >= 15 is 0 Å². The van der Waals surface area contributed by atoms with Gasteiger partial charge in [-0.15, -0.1) is 17.9 Å². The Morgan fingerprint density at radius 1 is 1.38 bits per heavy atom. The van der Waals surface area contributed by atoms with Crippen molar-refractivity contribution in [3.05, 3.63) is 39.7 Å². The number of carbonyl (C=O) groups excluding carboxylic acids is 2. The minimum absolute atomic E-state index is 0.185. The van der Waals surface area contributed by atoms with Gasteiger partial charge in [-0.1, -0.05) is 29.3 Å². The highest BCUT2D eigenvalue weighted by Gasteiger charge is 2.24. The summed E-state index contributed by atoms with van der Waals surface area (Å²) in [5.41, 5.74) is 0. The molecule has 0 unspecified atom stereocenters. The van der Waals surface area contributed by atoms with Gasteiger partial charge in [0.15, 0.2) is 6.10 Å². The highest BCUT2D eigenvalue weighted by molar-refractivity contribution is 7.22. The minimum atomic E-state index is -0.955. The Balaban J connectivity index is 2.27. The highest BCUT2D eigenvalue weighted by Crippen LogP contribution is 2.43. The maximum Gasteiger partial charge on any atom is 0.350 e. The molecule has 0 radical (unpaired) electrons. The predicted octanol–water partition coefficient (Wildman–Crippen LogP) is 4.06. The first-order valence-corrected chi connectivity index (χ1v) is 8.52. The molecule has 2 rings (SSSR count). The van der Waals surface area contributed by atoms with E-state index in [0.717, 1.165) is 11.3 Å². The second kappa shape index (κ2) is 7.88. The number of rotatable bonds is 6. The van der Waals surface area contributed by atoms with Crippen molar-refractivity contribution in [2.24, 2.45) is 0 Å². The SMILES string of the molecule is C=CCNC(=O)[C@H](C)OC(=O)c1sc2c(Cl)c(OC)ccc2c1Cl. The van der Waals surface area contributed by atoms with Crippen molar-refractivity contribution in [2.45, 2.75) is 13.0 Å². The van der Waals surface area contributed by atoms with Gasteiger partial charge in [0.1, 0.15) is 15.6 Å². The molecule has 1 aromatic heterocycles. The summed E-state index contributed by atoms with van der Waals surface area (Å²) >= 11 is 13.6. The Kier molecular flexibility index (Phi) is 6.10. The second-order valence-corrected chi connectivity index (χ2v) is 6.56. The Hall–Kier alpha value is -1.76. The van der Waals surface area contributed by atoms with Crippen LogP contribution in [0.3, 0.4) is 0 Å². The van der Waals surface area contributed by atoms with Crippen LogP contribution in [-0.2, 0) is 9.53 Å². The van der Waals surface area contributed by atoms with E-state index in [4.69, 9.17) is 32.7 Å². The van der Waals surface area contributed by atoms with E-state index in [1.54, 1.807) is 12.1 Å². The summed E-state index contributed by atoms with van der Waals surface area (Å²) in [5, 5.41) is 3.79. The molecule has 0 bridgehead atoms. The van der Waals surface area contributed by atoms with Gasteiger partial charge in [-0.2, -0.15) is 0 Å². The molecule has 0 fully saturated rings. The van der Waals surface area contributed by atoms with Crippen LogP contribution in [0.2, 0.25) is 10.0 Å². The fourth-order valence-electron chi connectivity index (χ4n) is 1.95. The number of esters is 1. The van der Waals surface area contributed by atoms with Crippen molar-refractivity contribution >= 4 is 56.5 Å². The quantitative estimate of drug-likeness (QED) is 0.599. The Bertz CT molecular complexity index is 803. The third-order valence-corrected chi connectivity index (χ3v) is 5.38. The molecule has 24 heavy (non-hydrogen) atoms. The number of ether oxygens (including phenoxy) is 2. The van der Waals surface area contributed by atoms with Crippen LogP contribution in [0.4, 0.5) is 0 Å². The molecule has 128 valence electrons. The van der Waals surface area contributed by atoms with Crippen LogP contribution in [0.5, 0.6) is 5.75 Å². The number of hydrogen-bond acceptors (Lipinski definition) is 5. The van der Waals surface area contributed by atoms with Gasteiger partial charge in [-0.25, -0.2) is 4.79 Å². The number of hydrogen-bond donors (Lipinski definition) is 1. The zero-order chi connectivity index (χ0) is 17.9. The third-order valence-electron chi connectivity index (χ3n) is 3.18. The number of methoxy groups -OCH3 is 1. The monoisotopic (exact) mass is 387 g/mol. The van der Waals surface area contributed by atoms with Gasteiger partial charge in [0.2, 0.25) is 0 Å². The smallest absolute Gasteiger partial charge is 0.350 e. The van der Waals surface area contributed by atoms with Gasteiger partial charge in [0, 0.05) is 11.9 Å². The Morgan fingerprint density at radius 2 is 2.08 bits per heavy atom. The zero-order valence-corrected chi connectivity index (χ0v) is 15.3. The highest BCUT2D eigenvalue weighted by atomic mass is 35.5.